The molecule has 0 amide bonds. The van der Waals surface area contributed by atoms with Gasteiger partial charge in [-0.2, -0.15) is 0 Å². The first-order chi connectivity index (χ1) is 6.77. The van der Waals surface area contributed by atoms with Crippen LogP contribution in [0.5, 0.6) is 0 Å². The molecule has 2 aliphatic rings. The van der Waals surface area contributed by atoms with Gasteiger partial charge in [-0.25, -0.2) is 0 Å². The van der Waals surface area contributed by atoms with Crippen molar-refractivity contribution in [2.24, 2.45) is 11.8 Å². The van der Waals surface area contributed by atoms with Crippen LogP contribution in [-0.2, 0) is 4.74 Å². The predicted octanol–water partition coefficient (Wildman–Crippen LogP) is 0.772. The molecule has 2 saturated heterocycles. The first-order valence-corrected chi connectivity index (χ1v) is 5.76. The summed E-state index contributed by atoms with van der Waals surface area (Å²) < 4.78 is 5.44. The summed E-state index contributed by atoms with van der Waals surface area (Å²) >= 11 is 0. The number of nitrogens with one attached hydrogen (secondary N) is 1. The van der Waals surface area contributed by atoms with Gasteiger partial charge in [0.1, 0.15) is 0 Å². The van der Waals surface area contributed by atoms with Crippen LogP contribution in [0.4, 0.5) is 0 Å². The van der Waals surface area contributed by atoms with Crippen molar-refractivity contribution in [3.05, 3.63) is 0 Å². The fraction of sp³-hybridized carbons (Fsp3) is 1.00. The van der Waals surface area contributed by atoms with Gasteiger partial charge in [-0.05, 0) is 31.7 Å². The van der Waals surface area contributed by atoms with E-state index in [0.29, 0.717) is 12.0 Å². The molecule has 2 aliphatic heterocycles. The van der Waals surface area contributed by atoms with E-state index in [1.807, 2.05) is 0 Å². The number of rotatable bonds is 1. The lowest BCUT2D eigenvalue weighted by molar-refractivity contribution is -0.0541. The molecule has 0 bridgehead atoms. The molecule has 0 aliphatic carbocycles. The Balaban J connectivity index is 1.91. The van der Waals surface area contributed by atoms with Gasteiger partial charge in [-0.1, -0.05) is 6.92 Å². The second-order valence-corrected chi connectivity index (χ2v) is 4.78. The van der Waals surface area contributed by atoms with Crippen molar-refractivity contribution in [3.8, 4) is 0 Å². The van der Waals surface area contributed by atoms with Gasteiger partial charge in [0.25, 0.3) is 0 Å². The molecule has 0 spiro atoms. The molecule has 82 valence electrons. The minimum atomic E-state index is -0.161. The van der Waals surface area contributed by atoms with Crippen LogP contribution in [0.15, 0.2) is 0 Å². The largest absolute Gasteiger partial charge is 0.393 e. The summed E-state index contributed by atoms with van der Waals surface area (Å²) in [5, 5.41) is 13.4. The van der Waals surface area contributed by atoms with E-state index in [9.17, 15) is 5.11 Å². The van der Waals surface area contributed by atoms with Crippen LogP contribution >= 0.6 is 0 Å². The van der Waals surface area contributed by atoms with Crippen LogP contribution in [0.3, 0.4) is 0 Å². The minimum Gasteiger partial charge on any atom is -0.393 e. The van der Waals surface area contributed by atoms with Crippen LogP contribution in [-0.4, -0.2) is 37.0 Å². The Hall–Kier alpha value is -0.120. The molecule has 2 fully saturated rings. The summed E-state index contributed by atoms with van der Waals surface area (Å²) in [6, 6.07) is 0.467. The number of piperidine rings is 1. The molecule has 2 rings (SSSR count). The third kappa shape index (κ3) is 2.27. The van der Waals surface area contributed by atoms with E-state index < -0.39 is 0 Å². The molecule has 0 saturated carbocycles. The van der Waals surface area contributed by atoms with Crippen LogP contribution in [0.25, 0.3) is 0 Å². The molecule has 3 nitrogen and oxygen atoms in total. The van der Waals surface area contributed by atoms with Crippen molar-refractivity contribution >= 4 is 0 Å². The van der Waals surface area contributed by atoms with Gasteiger partial charge >= 0.3 is 0 Å². The van der Waals surface area contributed by atoms with Gasteiger partial charge in [0.05, 0.1) is 12.7 Å². The zero-order valence-corrected chi connectivity index (χ0v) is 8.91. The van der Waals surface area contributed by atoms with Crippen LogP contribution in [0.1, 0.15) is 26.2 Å². The maximum Gasteiger partial charge on any atom is 0.0627 e. The van der Waals surface area contributed by atoms with Gasteiger partial charge in [0, 0.05) is 18.6 Å². The lowest BCUT2D eigenvalue weighted by Crippen LogP contribution is -2.50. The Morgan fingerprint density at radius 2 is 2.21 bits per heavy atom. The summed E-state index contributed by atoms with van der Waals surface area (Å²) in [6.07, 6.45) is 3.09. The number of hydrogen-bond acceptors (Lipinski definition) is 3. The maximum absolute atomic E-state index is 9.89. The van der Waals surface area contributed by atoms with Crippen molar-refractivity contribution in [1.82, 2.24) is 5.32 Å². The smallest absolute Gasteiger partial charge is 0.0627 e. The van der Waals surface area contributed by atoms with E-state index in [-0.39, 0.29) is 6.10 Å². The summed E-state index contributed by atoms with van der Waals surface area (Å²) in [7, 11) is 0. The molecule has 0 aromatic carbocycles. The molecule has 0 aromatic heterocycles. The SMILES string of the molecule is CC1CCNC(C2COCCC2O)C1. The molecule has 0 radical (unpaired) electrons. The van der Waals surface area contributed by atoms with Crippen LogP contribution in [0, 0.1) is 11.8 Å². The fourth-order valence-electron chi connectivity index (χ4n) is 2.61. The van der Waals surface area contributed by atoms with E-state index in [1.165, 1.54) is 12.8 Å². The van der Waals surface area contributed by atoms with Gasteiger partial charge < -0.3 is 15.2 Å². The highest BCUT2D eigenvalue weighted by molar-refractivity contribution is 4.87. The first-order valence-electron chi connectivity index (χ1n) is 5.76. The van der Waals surface area contributed by atoms with Crippen molar-refractivity contribution in [2.75, 3.05) is 19.8 Å². The first kappa shape index (κ1) is 10.4. The van der Waals surface area contributed by atoms with E-state index in [4.69, 9.17) is 4.74 Å². The van der Waals surface area contributed by atoms with Crippen molar-refractivity contribution in [1.29, 1.82) is 0 Å². The third-order valence-corrected chi connectivity index (χ3v) is 3.58. The number of hydrogen-bond donors (Lipinski definition) is 2. The molecular formula is C11H21NO2. The predicted molar refractivity (Wildman–Crippen MR) is 55.1 cm³/mol. The van der Waals surface area contributed by atoms with Gasteiger partial charge in [-0.3, -0.25) is 0 Å². The summed E-state index contributed by atoms with van der Waals surface area (Å²) in [6.45, 7) is 4.84. The van der Waals surface area contributed by atoms with Crippen molar-refractivity contribution in [2.45, 2.75) is 38.3 Å². The molecule has 4 atom stereocenters. The standard InChI is InChI=1S/C11H21NO2/c1-8-2-4-12-10(6-8)9-7-14-5-3-11(9)13/h8-13H,2-7H2,1H3. The second kappa shape index (κ2) is 4.60. The molecule has 2 heterocycles. The Morgan fingerprint density at radius 1 is 1.36 bits per heavy atom. The number of aliphatic hydroxyl groups excluding tert-OH is 1. The van der Waals surface area contributed by atoms with Crippen molar-refractivity contribution in [3.63, 3.8) is 0 Å². The van der Waals surface area contributed by atoms with E-state index in [2.05, 4.69) is 12.2 Å². The highest BCUT2D eigenvalue weighted by Crippen LogP contribution is 2.26. The Labute approximate surface area is 85.8 Å². The van der Waals surface area contributed by atoms with Crippen LogP contribution < -0.4 is 5.32 Å². The molecule has 2 N–H and O–H groups in total. The van der Waals surface area contributed by atoms with E-state index in [1.54, 1.807) is 0 Å². The minimum absolute atomic E-state index is 0.161. The Kier molecular flexibility index (Phi) is 3.42. The second-order valence-electron chi connectivity index (χ2n) is 4.78. The topological polar surface area (TPSA) is 41.5 Å². The lowest BCUT2D eigenvalue weighted by Gasteiger charge is -2.38. The van der Waals surface area contributed by atoms with Crippen LogP contribution in [0.2, 0.25) is 0 Å². The highest BCUT2D eigenvalue weighted by Gasteiger charge is 2.33. The van der Waals surface area contributed by atoms with Gasteiger partial charge in [-0.15, -0.1) is 0 Å². The molecule has 14 heavy (non-hydrogen) atoms. The van der Waals surface area contributed by atoms with E-state index in [0.717, 1.165) is 32.1 Å². The normalized spacial score (nSPS) is 45.0. The average Bonchev–Trinajstić information content (AvgIpc) is 2.18. The Morgan fingerprint density at radius 3 is 2.93 bits per heavy atom. The average molecular weight is 199 g/mol. The van der Waals surface area contributed by atoms with Gasteiger partial charge in [0.15, 0.2) is 0 Å². The summed E-state index contributed by atoms with van der Waals surface area (Å²) in [5.41, 5.74) is 0. The number of aliphatic hydroxyl groups is 1. The zero-order chi connectivity index (χ0) is 9.97. The van der Waals surface area contributed by atoms with Gasteiger partial charge in [0.2, 0.25) is 0 Å². The molecule has 0 aromatic rings. The van der Waals surface area contributed by atoms with E-state index >= 15 is 0 Å². The molecule has 4 unspecified atom stereocenters. The maximum atomic E-state index is 9.89. The third-order valence-electron chi connectivity index (χ3n) is 3.58. The Bertz CT molecular complexity index is 186. The summed E-state index contributed by atoms with van der Waals surface area (Å²) in [4.78, 5) is 0. The highest BCUT2D eigenvalue weighted by atomic mass is 16.5. The number of ether oxygens (including phenoxy) is 1. The fourth-order valence-corrected chi connectivity index (χ4v) is 2.61. The molecule has 3 heteroatoms. The summed E-state index contributed by atoms with van der Waals surface area (Å²) in [5.74, 6) is 1.10. The van der Waals surface area contributed by atoms with Crippen molar-refractivity contribution < 1.29 is 9.84 Å². The quantitative estimate of drug-likeness (QED) is 0.655. The zero-order valence-electron chi connectivity index (χ0n) is 8.91. The lowest BCUT2D eigenvalue weighted by atomic mass is 9.82. The monoisotopic (exact) mass is 199 g/mol. The molecular weight excluding hydrogens is 178 g/mol.